The Balaban J connectivity index is 1.66. The summed E-state index contributed by atoms with van der Waals surface area (Å²) in [5, 5.41) is 2.12. The van der Waals surface area contributed by atoms with E-state index in [9.17, 15) is 9.59 Å². The number of hydrogen-bond donors (Lipinski definition) is 0. The molecule has 3 aromatic carbocycles. The van der Waals surface area contributed by atoms with Crippen molar-refractivity contribution >= 4 is 50.6 Å². The summed E-state index contributed by atoms with van der Waals surface area (Å²) in [6.07, 6.45) is 2.60. The fourth-order valence-electron chi connectivity index (χ4n) is 3.42. The van der Waals surface area contributed by atoms with Crippen LogP contribution in [0.25, 0.3) is 16.8 Å². The number of cyclic esters (lactones) is 1. The summed E-state index contributed by atoms with van der Waals surface area (Å²) < 4.78 is 17.1. The number of esters is 2. The molecule has 1 aliphatic rings. The quantitative estimate of drug-likeness (QED) is 0.221. The number of carbonyl (C=O) groups excluding carboxylic acids is 2. The van der Waals surface area contributed by atoms with Crippen molar-refractivity contribution in [3.63, 3.8) is 0 Å². The maximum atomic E-state index is 12.5. The Morgan fingerprint density at radius 1 is 1.09 bits per heavy atom. The van der Waals surface area contributed by atoms with Gasteiger partial charge in [0, 0.05) is 12.0 Å². The summed E-state index contributed by atoms with van der Waals surface area (Å²) in [5.74, 6) is 0.0891. The molecule has 0 N–H and O–H groups in total. The Morgan fingerprint density at radius 2 is 1.88 bits per heavy atom. The molecule has 0 amide bonds. The number of hydrogen-bond acceptors (Lipinski definition) is 6. The molecule has 168 valence electrons. The SMILES string of the molecule is CCCC(=O)Oc1c(Br)cc(/C=C2\N=C(c3ccc4ccccc4c3)OC2=O)cc1OCC. The lowest BCUT2D eigenvalue weighted by Gasteiger charge is -2.13. The number of fused-ring (bicyclic) bond motifs is 1. The molecule has 0 saturated heterocycles. The molecule has 0 bridgehead atoms. The molecule has 1 heterocycles. The van der Waals surface area contributed by atoms with Gasteiger partial charge in [0.1, 0.15) is 0 Å². The third-order valence-corrected chi connectivity index (χ3v) is 5.51. The van der Waals surface area contributed by atoms with Gasteiger partial charge in [0.15, 0.2) is 17.2 Å². The molecule has 0 radical (unpaired) electrons. The van der Waals surface area contributed by atoms with Crippen LogP contribution in [0.3, 0.4) is 0 Å². The molecule has 0 fully saturated rings. The van der Waals surface area contributed by atoms with Gasteiger partial charge in [-0.1, -0.05) is 37.3 Å². The van der Waals surface area contributed by atoms with Crippen molar-refractivity contribution in [2.45, 2.75) is 26.7 Å². The molecule has 0 aromatic heterocycles. The summed E-state index contributed by atoms with van der Waals surface area (Å²) in [6, 6.07) is 17.2. The molecule has 0 aliphatic carbocycles. The first-order chi connectivity index (χ1) is 16.0. The molecule has 0 unspecified atom stereocenters. The highest BCUT2D eigenvalue weighted by Gasteiger charge is 2.25. The van der Waals surface area contributed by atoms with Gasteiger partial charge >= 0.3 is 11.9 Å². The minimum absolute atomic E-state index is 0.170. The highest BCUT2D eigenvalue weighted by atomic mass is 79.9. The number of halogens is 1. The van der Waals surface area contributed by atoms with Crippen LogP contribution in [-0.4, -0.2) is 24.4 Å². The van der Waals surface area contributed by atoms with Crippen LogP contribution >= 0.6 is 15.9 Å². The lowest BCUT2D eigenvalue weighted by Crippen LogP contribution is -2.09. The Bertz CT molecular complexity index is 1300. The van der Waals surface area contributed by atoms with Gasteiger partial charge in [-0.25, -0.2) is 9.79 Å². The first kappa shape index (κ1) is 22.7. The van der Waals surface area contributed by atoms with Gasteiger partial charge in [-0.15, -0.1) is 0 Å². The maximum Gasteiger partial charge on any atom is 0.363 e. The normalized spacial score (nSPS) is 14.3. The van der Waals surface area contributed by atoms with E-state index in [1.807, 2.05) is 56.3 Å². The van der Waals surface area contributed by atoms with Gasteiger partial charge in [0.25, 0.3) is 0 Å². The fraction of sp³-hybridized carbons (Fsp3) is 0.192. The molecule has 0 spiro atoms. The summed E-state index contributed by atoms with van der Waals surface area (Å²) >= 11 is 3.45. The van der Waals surface area contributed by atoms with Gasteiger partial charge in [0.05, 0.1) is 11.1 Å². The molecule has 3 aromatic rings. The lowest BCUT2D eigenvalue weighted by molar-refractivity contribution is -0.134. The van der Waals surface area contributed by atoms with Crippen LogP contribution in [0.1, 0.15) is 37.8 Å². The zero-order chi connectivity index (χ0) is 23.4. The van der Waals surface area contributed by atoms with E-state index in [1.54, 1.807) is 18.2 Å². The van der Waals surface area contributed by atoms with Gasteiger partial charge in [-0.05, 0) is 76.0 Å². The fourth-order valence-corrected chi connectivity index (χ4v) is 3.96. The predicted octanol–water partition coefficient (Wildman–Crippen LogP) is 6.05. The van der Waals surface area contributed by atoms with E-state index in [0.29, 0.717) is 41.0 Å². The number of aliphatic imine (C=N–C) groups is 1. The highest BCUT2D eigenvalue weighted by Crippen LogP contribution is 2.38. The van der Waals surface area contributed by atoms with Crippen molar-refractivity contribution < 1.29 is 23.8 Å². The van der Waals surface area contributed by atoms with Crippen molar-refractivity contribution in [2.24, 2.45) is 4.99 Å². The van der Waals surface area contributed by atoms with Crippen LogP contribution in [0.4, 0.5) is 0 Å². The third kappa shape index (κ3) is 5.14. The van der Waals surface area contributed by atoms with E-state index in [0.717, 1.165) is 16.3 Å². The Labute approximate surface area is 200 Å². The number of benzene rings is 3. The standard InChI is InChI=1S/C26H22BrNO5/c1-3-7-23(29)32-24-20(27)12-16(14-22(24)31-4-2)13-21-26(30)33-25(28-21)19-11-10-17-8-5-6-9-18(17)15-19/h5-6,8-15H,3-4,7H2,1-2H3/b21-13-. The highest BCUT2D eigenvalue weighted by molar-refractivity contribution is 9.10. The molecular weight excluding hydrogens is 486 g/mol. The van der Waals surface area contributed by atoms with E-state index in [4.69, 9.17) is 14.2 Å². The summed E-state index contributed by atoms with van der Waals surface area (Å²) in [5.41, 5.74) is 1.54. The molecule has 0 atom stereocenters. The lowest BCUT2D eigenvalue weighted by atomic mass is 10.1. The van der Waals surface area contributed by atoms with E-state index < -0.39 is 5.97 Å². The minimum atomic E-state index is -0.536. The average Bonchev–Trinajstić information content (AvgIpc) is 3.16. The van der Waals surface area contributed by atoms with Crippen LogP contribution in [0.2, 0.25) is 0 Å². The largest absolute Gasteiger partial charge is 0.490 e. The second-order valence-electron chi connectivity index (χ2n) is 7.39. The van der Waals surface area contributed by atoms with Crippen LogP contribution in [0, 0.1) is 0 Å². The zero-order valence-corrected chi connectivity index (χ0v) is 19.8. The van der Waals surface area contributed by atoms with Gasteiger partial charge in [0.2, 0.25) is 5.90 Å². The van der Waals surface area contributed by atoms with Crippen molar-refractivity contribution in [1.82, 2.24) is 0 Å². The zero-order valence-electron chi connectivity index (χ0n) is 18.3. The summed E-state index contributed by atoms with van der Waals surface area (Å²) in [7, 11) is 0. The van der Waals surface area contributed by atoms with Crippen LogP contribution in [-0.2, 0) is 14.3 Å². The monoisotopic (exact) mass is 507 g/mol. The van der Waals surface area contributed by atoms with Crippen molar-refractivity contribution in [3.05, 3.63) is 75.9 Å². The Morgan fingerprint density at radius 3 is 2.64 bits per heavy atom. The molecule has 1 aliphatic heterocycles. The first-order valence-corrected chi connectivity index (χ1v) is 11.5. The third-order valence-electron chi connectivity index (χ3n) is 4.92. The van der Waals surface area contributed by atoms with E-state index >= 15 is 0 Å². The van der Waals surface area contributed by atoms with Crippen LogP contribution < -0.4 is 9.47 Å². The second kappa shape index (κ2) is 10.0. The van der Waals surface area contributed by atoms with E-state index in [-0.39, 0.29) is 17.6 Å². The molecule has 0 saturated carbocycles. The van der Waals surface area contributed by atoms with Crippen LogP contribution in [0.15, 0.2) is 69.8 Å². The molecule has 7 heteroatoms. The van der Waals surface area contributed by atoms with Gasteiger partial charge in [-0.2, -0.15) is 0 Å². The molecule has 6 nitrogen and oxygen atoms in total. The molecule has 4 rings (SSSR count). The summed E-state index contributed by atoms with van der Waals surface area (Å²) in [6.45, 7) is 4.13. The molecular formula is C26H22BrNO5. The average molecular weight is 508 g/mol. The van der Waals surface area contributed by atoms with Crippen molar-refractivity contribution in [1.29, 1.82) is 0 Å². The van der Waals surface area contributed by atoms with Crippen LogP contribution in [0.5, 0.6) is 11.5 Å². The van der Waals surface area contributed by atoms with Gasteiger partial charge in [-0.3, -0.25) is 4.79 Å². The number of nitrogens with zero attached hydrogens (tertiary/aromatic N) is 1. The summed E-state index contributed by atoms with van der Waals surface area (Å²) in [4.78, 5) is 28.9. The molecule has 33 heavy (non-hydrogen) atoms. The van der Waals surface area contributed by atoms with E-state index in [1.165, 1.54) is 0 Å². The number of ether oxygens (including phenoxy) is 3. The topological polar surface area (TPSA) is 74.2 Å². The Hall–Kier alpha value is -3.45. The van der Waals surface area contributed by atoms with Crippen molar-refractivity contribution in [2.75, 3.05) is 6.61 Å². The number of rotatable bonds is 7. The van der Waals surface area contributed by atoms with Gasteiger partial charge < -0.3 is 14.2 Å². The minimum Gasteiger partial charge on any atom is -0.490 e. The second-order valence-corrected chi connectivity index (χ2v) is 8.24. The maximum absolute atomic E-state index is 12.5. The first-order valence-electron chi connectivity index (χ1n) is 10.7. The van der Waals surface area contributed by atoms with E-state index in [2.05, 4.69) is 20.9 Å². The smallest absolute Gasteiger partial charge is 0.363 e. The Kier molecular flexibility index (Phi) is 6.89. The number of carbonyl (C=O) groups is 2. The predicted molar refractivity (Wildman–Crippen MR) is 130 cm³/mol. The van der Waals surface area contributed by atoms with Crippen molar-refractivity contribution in [3.8, 4) is 11.5 Å².